The van der Waals surface area contributed by atoms with E-state index in [2.05, 4.69) is 25.8 Å². The number of rotatable bonds is 6. The van der Waals surface area contributed by atoms with E-state index in [-0.39, 0.29) is 39.8 Å². The van der Waals surface area contributed by atoms with Crippen molar-refractivity contribution >= 4 is 29.1 Å². The number of nitrogens with one attached hydrogen (secondary N) is 2. The minimum atomic E-state index is -0.557. The molecule has 1 fully saturated rings. The number of hydrogen-bond donors (Lipinski definition) is 2. The molecule has 1 aliphatic carbocycles. The fourth-order valence-electron chi connectivity index (χ4n) is 4.24. The molecule has 34 heavy (non-hydrogen) atoms. The van der Waals surface area contributed by atoms with Gasteiger partial charge in [-0.2, -0.15) is 0 Å². The van der Waals surface area contributed by atoms with Crippen molar-refractivity contribution in [2.45, 2.75) is 51.6 Å². The molecular weight excluding hydrogens is 459 g/mol. The Kier molecular flexibility index (Phi) is 7.02. The first-order valence-electron chi connectivity index (χ1n) is 11.2. The fourth-order valence-corrected chi connectivity index (χ4v) is 4.49. The molecule has 0 aliphatic heterocycles. The zero-order valence-corrected chi connectivity index (χ0v) is 20.4. The molecule has 2 heterocycles. The average molecular weight is 487 g/mol. The van der Waals surface area contributed by atoms with Gasteiger partial charge in [0, 0.05) is 32.2 Å². The summed E-state index contributed by atoms with van der Waals surface area (Å²) in [5.74, 6) is 1.79. The molecule has 1 amide bonds. The number of amides is 1. The van der Waals surface area contributed by atoms with Crippen LogP contribution >= 0.6 is 11.6 Å². The van der Waals surface area contributed by atoms with Gasteiger partial charge in [-0.3, -0.25) is 4.79 Å². The third-order valence-corrected chi connectivity index (χ3v) is 6.30. The summed E-state index contributed by atoms with van der Waals surface area (Å²) in [6, 6.07) is 6.52. The molecule has 10 heteroatoms. The Bertz CT molecular complexity index is 1170. The van der Waals surface area contributed by atoms with E-state index in [4.69, 9.17) is 16.1 Å². The fraction of sp³-hybridized carbons (Fsp3) is 0.417. The highest BCUT2D eigenvalue weighted by atomic mass is 35.5. The van der Waals surface area contributed by atoms with E-state index in [0.717, 1.165) is 37.3 Å². The predicted octanol–water partition coefficient (Wildman–Crippen LogP) is 4.76. The van der Waals surface area contributed by atoms with E-state index in [1.54, 1.807) is 13.0 Å². The van der Waals surface area contributed by atoms with E-state index in [1.165, 1.54) is 12.1 Å². The lowest BCUT2D eigenvalue weighted by molar-refractivity contribution is 0.0925. The topological polar surface area (TPSA) is 96.2 Å². The van der Waals surface area contributed by atoms with Crippen molar-refractivity contribution in [1.82, 2.24) is 20.4 Å². The summed E-state index contributed by atoms with van der Waals surface area (Å²) < 4.78 is 19.7. The highest BCUT2D eigenvalue weighted by molar-refractivity contribution is 6.33. The number of anilines is 2. The summed E-state index contributed by atoms with van der Waals surface area (Å²) in [4.78, 5) is 24.0. The average Bonchev–Trinajstić information content (AvgIpc) is 3.15. The maximum absolute atomic E-state index is 14.4. The van der Waals surface area contributed by atoms with Gasteiger partial charge in [0.25, 0.3) is 5.91 Å². The van der Waals surface area contributed by atoms with Gasteiger partial charge in [-0.1, -0.05) is 22.8 Å². The van der Waals surface area contributed by atoms with Crippen LogP contribution in [0, 0.1) is 19.7 Å². The second kappa shape index (κ2) is 9.97. The van der Waals surface area contributed by atoms with Crippen molar-refractivity contribution in [2.75, 3.05) is 24.3 Å². The summed E-state index contributed by atoms with van der Waals surface area (Å²) in [5, 5.41) is 10.7. The highest BCUT2D eigenvalue weighted by Crippen LogP contribution is 2.33. The van der Waals surface area contributed by atoms with Crippen LogP contribution in [0.1, 0.15) is 47.6 Å². The van der Waals surface area contributed by atoms with E-state index in [1.807, 2.05) is 32.0 Å². The number of hydrogen-bond acceptors (Lipinski definition) is 7. The van der Waals surface area contributed by atoms with E-state index in [9.17, 15) is 9.18 Å². The molecular formula is C24H28ClFN6O2. The Morgan fingerprint density at radius 1 is 1.15 bits per heavy atom. The van der Waals surface area contributed by atoms with Crippen molar-refractivity contribution in [3.05, 3.63) is 52.3 Å². The van der Waals surface area contributed by atoms with Gasteiger partial charge in [0.05, 0.1) is 10.6 Å². The molecule has 1 saturated carbocycles. The summed E-state index contributed by atoms with van der Waals surface area (Å²) in [6.07, 6.45) is 3.35. The Balaban J connectivity index is 1.40. The monoisotopic (exact) mass is 486 g/mol. The zero-order valence-electron chi connectivity index (χ0n) is 19.7. The first-order chi connectivity index (χ1) is 16.2. The minimum Gasteiger partial charge on any atom is -0.367 e. The van der Waals surface area contributed by atoms with E-state index < -0.39 is 5.82 Å². The maximum Gasteiger partial charge on any atom is 0.257 e. The number of benzene rings is 1. The van der Waals surface area contributed by atoms with Crippen molar-refractivity contribution < 1.29 is 13.7 Å². The second-order valence-electron chi connectivity index (χ2n) is 8.78. The molecule has 180 valence electrons. The zero-order chi connectivity index (χ0) is 24.4. The summed E-state index contributed by atoms with van der Waals surface area (Å²) in [5.41, 5.74) is 0.389. The van der Waals surface area contributed by atoms with Crippen LogP contribution in [0.4, 0.5) is 16.0 Å². The molecule has 1 aromatic carbocycles. The summed E-state index contributed by atoms with van der Waals surface area (Å²) in [7, 11) is 3.89. The molecule has 0 spiro atoms. The Labute approximate surface area is 202 Å². The largest absolute Gasteiger partial charge is 0.367 e. The van der Waals surface area contributed by atoms with Crippen LogP contribution < -0.4 is 15.5 Å². The maximum atomic E-state index is 14.4. The number of halogens is 2. The lowest BCUT2D eigenvalue weighted by Crippen LogP contribution is -2.40. The normalized spacial score (nSPS) is 17.9. The SMILES string of the molecule is Cc1nc(NC2CCC(NC(=O)c3c(-c4c(F)cccc4Cl)noc3C)CC2)cc(N(C)C)n1. The number of aromatic nitrogens is 3. The molecule has 4 rings (SSSR count). The van der Waals surface area contributed by atoms with E-state index >= 15 is 0 Å². The quantitative estimate of drug-likeness (QED) is 0.518. The number of carbonyl (C=O) groups excluding carboxylic acids is 1. The van der Waals surface area contributed by atoms with Crippen molar-refractivity contribution in [3.63, 3.8) is 0 Å². The van der Waals surface area contributed by atoms with Gasteiger partial charge in [-0.25, -0.2) is 14.4 Å². The first kappa shape index (κ1) is 23.9. The molecule has 0 bridgehead atoms. The second-order valence-corrected chi connectivity index (χ2v) is 9.19. The molecule has 0 saturated heterocycles. The smallest absolute Gasteiger partial charge is 0.257 e. The van der Waals surface area contributed by atoms with Gasteiger partial charge in [0.2, 0.25) is 0 Å². The predicted molar refractivity (Wildman–Crippen MR) is 130 cm³/mol. The molecule has 1 aliphatic rings. The highest BCUT2D eigenvalue weighted by Gasteiger charge is 2.28. The minimum absolute atomic E-state index is 0.00624. The van der Waals surface area contributed by atoms with Crippen molar-refractivity contribution in [2.24, 2.45) is 0 Å². The molecule has 2 N–H and O–H groups in total. The van der Waals surface area contributed by atoms with Gasteiger partial charge < -0.3 is 20.1 Å². The van der Waals surface area contributed by atoms with Crippen LogP contribution in [0.2, 0.25) is 5.02 Å². The van der Waals surface area contributed by atoms with Crippen molar-refractivity contribution in [3.8, 4) is 11.3 Å². The summed E-state index contributed by atoms with van der Waals surface area (Å²) >= 11 is 6.19. The summed E-state index contributed by atoms with van der Waals surface area (Å²) in [6.45, 7) is 3.51. The van der Waals surface area contributed by atoms with Crippen LogP contribution in [-0.2, 0) is 0 Å². The molecule has 0 atom stereocenters. The number of aryl methyl sites for hydroxylation is 2. The molecule has 3 aromatic rings. The third-order valence-electron chi connectivity index (χ3n) is 5.99. The molecule has 0 unspecified atom stereocenters. The lowest BCUT2D eigenvalue weighted by atomic mass is 9.90. The van der Waals surface area contributed by atoms with Gasteiger partial charge >= 0.3 is 0 Å². The molecule has 8 nitrogen and oxygen atoms in total. The lowest BCUT2D eigenvalue weighted by Gasteiger charge is -2.30. The van der Waals surface area contributed by atoms with Crippen molar-refractivity contribution in [1.29, 1.82) is 0 Å². The van der Waals surface area contributed by atoms with Crippen LogP contribution in [0.25, 0.3) is 11.3 Å². The number of nitrogens with zero attached hydrogens (tertiary/aromatic N) is 4. The Morgan fingerprint density at radius 3 is 2.53 bits per heavy atom. The first-order valence-corrected chi connectivity index (χ1v) is 11.6. The third kappa shape index (κ3) is 5.14. The van der Waals surface area contributed by atoms with Gasteiger partial charge in [0.15, 0.2) is 0 Å². The van der Waals surface area contributed by atoms with Gasteiger partial charge in [-0.05, 0) is 51.7 Å². The van der Waals surface area contributed by atoms with Crippen LogP contribution in [0.3, 0.4) is 0 Å². The Hall–Kier alpha value is -3.20. The molecule has 0 radical (unpaired) electrons. The number of carbonyl (C=O) groups is 1. The van der Waals surface area contributed by atoms with Crippen LogP contribution in [0.5, 0.6) is 0 Å². The van der Waals surface area contributed by atoms with Crippen LogP contribution in [-0.4, -0.2) is 47.2 Å². The van der Waals surface area contributed by atoms with Gasteiger partial charge in [-0.15, -0.1) is 0 Å². The van der Waals surface area contributed by atoms with E-state index in [0.29, 0.717) is 11.6 Å². The molecule has 2 aromatic heterocycles. The standard InChI is InChI=1S/C24H28ClFN6O2/c1-13-21(23(31-34-13)22-17(25)6-5-7-18(22)26)24(33)30-16-10-8-15(9-11-16)29-19-12-20(32(3)4)28-14(2)27-19/h5-7,12,15-16H,8-11H2,1-4H3,(H,30,33)(H,27,28,29). The van der Waals surface area contributed by atoms with Gasteiger partial charge in [0.1, 0.15) is 40.3 Å². The van der Waals surface area contributed by atoms with Crippen LogP contribution in [0.15, 0.2) is 28.8 Å². The Morgan fingerprint density at radius 2 is 1.85 bits per heavy atom.